The first kappa shape index (κ1) is 12.1. The number of aliphatic hydroxyl groups is 2. The lowest BCUT2D eigenvalue weighted by atomic mass is 9.70. The first-order valence-corrected chi connectivity index (χ1v) is 6.09. The summed E-state index contributed by atoms with van der Waals surface area (Å²) < 4.78 is 1.76. The molecule has 8 nitrogen and oxygen atoms in total. The smallest absolute Gasteiger partial charge is 0.280 e. The molecule has 8 heteroatoms. The number of rotatable bonds is 3. The van der Waals surface area contributed by atoms with Crippen LogP contribution in [0.15, 0.2) is 11.1 Å². The predicted octanol–water partition coefficient (Wildman–Crippen LogP) is -1.14. The summed E-state index contributed by atoms with van der Waals surface area (Å²) >= 11 is 0. The largest absolute Gasteiger partial charge is 0.396 e. The molecular weight excluding hydrogens is 250 g/mol. The molecule has 0 aliphatic heterocycles. The summed E-state index contributed by atoms with van der Waals surface area (Å²) in [6.07, 6.45) is 2.26. The van der Waals surface area contributed by atoms with Gasteiger partial charge in [-0.25, -0.2) is 4.98 Å². The molecule has 5 N–H and O–H groups in total. The molecule has 0 aromatic carbocycles. The number of aromatic amines is 1. The molecule has 19 heavy (non-hydrogen) atoms. The van der Waals surface area contributed by atoms with Crippen LogP contribution in [0.2, 0.25) is 0 Å². The number of nitrogens with one attached hydrogen (secondary N) is 1. The fourth-order valence-corrected chi connectivity index (χ4v) is 2.76. The van der Waals surface area contributed by atoms with E-state index < -0.39 is 0 Å². The van der Waals surface area contributed by atoms with E-state index in [-0.39, 0.29) is 48.1 Å². The summed E-state index contributed by atoms with van der Waals surface area (Å²) in [5.74, 6) is 0.0642. The third-order valence-electron chi connectivity index (χ3n) is 3.90. The molecule has 2 aromatic rings. The van der Waals surface area contributed by atoms with Crippen LogP contribution in [0, 0.1) is 11.8 Å². The number of fused-ring (bicyclic) bond motifs is 1. The van der Waals surface area contributed by atoms with Crippen LogP contribution in [-0.2, 0) is 0 Å². The molecule has 3 atom stereocenters. The standard InChI is InChI=1S/C11H15N5O3/c12-11-14-9-8(10(19)15-11)13-4-16(9)7-1-5(2-17)6(7)3-18/h4-7,17-18H,1-3H2,(H3,12,14,15,19)/t5-,6-,7?/m0/s1. The molecule has 0 saturated heterocycles. The average molecular weight is 265 g/mol. The zero-order valence-electron chi connectivity index (χ0n) is 10.2. The third-order valence-corrected chi connectivity index (χ3v) is 3.90. The number of nitrogens with two attached hydrogens (primary N) is 1. The van der Waals surface area contributed by atoms with Crippen molar-refractivity contribution in [3.05, 3.63) is 16.7 Å². The van der Waals surface area contributed by atoms with Gasteiger partial charge in [0.05, 0.1) is 6.33 Å². The van der Waals surface area contributed by atoms with Crippen molar-refractivity contribution < 1.29 is 10.2 Å². The number of aliphatic hydroxyl groups excluding tert-OH is 2. The van der Waals surface area contributed by atoms with Crippen LogP contribution in [0.25, 0.3) is 11.2 Å². The highest BCUT2D eigenvalue weighted by molar-refractivity contribution is 5.70. The van der Waals surface area contributed by atoms with Crippen molar-refractivity contribution in [2.75, 3.05) is 18.9 Å². The second-order valence-corrected chi connectivity index (χ2v) is 4.87. The maximum absolute atomic E-state index is 11.7. The average Bonchev–Trinajstić information content (AvgIpc) is 2.73. The second kappa shape index (κ2) is 4.32. The molecule has 1 unspecified atom stereocenters. The zero-order valence-corrected chi connectivity index (χ0v) is 10.2. The summed E-state index contributed by atoms with van der Waals surface area (Å²) in [7, 11) is 0. The van der Waals surface area contributed by atoms with Gasteiger partial charge in [0.25, 0.3) is 5.56 Å². The molecule has 1 aliphatic rings. The highest BCUT2D eigenvalue weighted by Gasteiger charge is 2.41. The van der Waals surface area contributed by atoms with Crippen molar-refractivity contribution in [1.29, 1.82) is 0 Å². The Hall–Kier alpha value is -1.93. The lowest BCUT2D eigenvalue weighted by molar-refractivity contribution is -0.00528. The molecule has 0 amide bonds. The van der Waals surface area contributed by atoms with Gasteiger partial charge in [-0.15, -0.1) is 0 Å². The summed E-state index contributed by atoms with van der Waals surface area (Å²) in [5, 5.41) is 18.6. The third kappa shape index (κ3) is 1.71. The Kier molecular flexibility index (Phi) is 2.76. The molecule has 0 radical (unpaired) electrons. The minimum absolute atomic E-state index is 0.0131. The van der Waals surface area contributed by atoms with Gasteiger partial charge in [-0.05, 0) is 12.3 Å². The van der Waals surface area contributed by atoms with E-state index in [0.29, 0.717) is 5.65 Å². The Morgan fingerprint density at radius 3 is 2.95 bits per heavy atom. The maximum atomic E-state index is 11.7. The minimum atomic E-state index is -0.375. The van der Waals surface area contributed by atoms with E-state index in [4.69, 9.17) is 5.73 Å². The van der Waals surface area contributed by atoms with Crippen LogP contribution in [0.3, 0.4) is 0 Å². The highest BCUT2D eigenvalue weighted by Crippen LogP contribution is 2.44. The van der Waals surface area contributed by atoms with Gasteiger partial charge in [0.1, 0.15) is 0 Å². The van der Waals surface area contributed by atoms with Crippen LogP contribution in [-0.4, -0.2) is 42.9 Å². The number of hydrogen-bond acceptors (Lipinski definition) is 6. The van der Waals surface area contributed by atoms with Crippen LogP contribution in [0.4, 0.5) is 5.95 Å². The number of anilines is 1. The minimum Gasteiger partial charge on any atom is -0.396 e. The van der Waals surface area contributed by atoms with Gasteiger partial charge in [-0.1, -0.05) is 0 Å². The van der Waals surface area contributed by atoms with Crippen LogP contribution >= 0.6 is 0 Å². The molecule has 0 spiro atoms. The Bertz CT molecular complexity index is 664. The molecule has 1 fully saturated rings. The Balaban J connectivity index is 2.05. The van der Waals surface area contributed by atoms with Crippen LogP contribution < -0.4 is 11.3 Å². The molecule has 102 valence electrons. The van der Waals surface area contributed by atoms with E-state index in [2.05, 4.69) is 15.0 Å². The van der Waals surface area contributed by atoms with Gasteiger partial charge in [0.15, 0.2) is 11.2 Å². The number of aromatic nitrogens is 4. The van der Waals surface area contributed by atoms with Gasteiger partial charge in [0.2, 0.25) is 5.95 Å². The molecule has 3 rings (SSSR count). The van der Waals surface area contributed by atoms with Crippen molar-refractivity contribution in [1.82, 2.24) is 19.5 Å². The van der Waals surface area contributed by atoms with Crippen molar-refractivity contribution in [2.24, 2.45) is 11.8 Å². The number of nitrogens with zero attached hydrogens (tertiary/aromatic N) is 3. The summed E-state index contributed by atoms with van der Waals surface area (Å²) in [6, 6.07) is -0.0131. The van der Waals surface area contributed by atoms with Gasteiger partial charge in [-0.2, -0.15) is 4.98 Å². The molecule has 2 aromatic heterocycles. The van der Waals surface area contributed by atoms with E-state index in [9.17, 15) is 15.0 Å². The maximum Gasteiger partial charge on any atom is 0.280 e. The van der Waals surface area contributed by atoms with Crippen LogP contribution in [0.1, 0.15) is 12.5 Å². The van der Waals surface area contributed by atoms with Crippen molar-refractivity contribution >= 4 is 17.1 Å². The molecule has 1 saturated carbocycles. The number of nitrogen functional groups attached to an aromatic ring is 1. The molecule has 1 aliphatic carbocycles. The SMILES string of the molecule is Nc1nc2c(ncn2C2C[C@@H](CO)[C@@H]2CO)c(=O)[nH]1. The van der Waals surface area contributed by atoms with E-state index in [1.165, 1.54) is 6.33 Å². The number of H-pyrrole nitrogens is 1. The highest BCUT2D eigenvalue weighted by atomic mass is 16.3. The zero-order chi connectivity index (χ0) is 13.6. The van der Waals surface area contributed by atoms with Gasteiger partial charge in [0, 0.05) is 25.2 Å². The summed E-state index contributed by atoms with van der Waals surface area (Å²) in [5.41, 5.74) is 5.81. The fourth-order valence-electron chi connectivity index (χ4n) is 2.76. The van der Waals surface area contributed by atoms with Gasteiger partial charge in [-0.3, -0.25) is 9.78 Å². The van der Waals surface area contributed by atoms with Crippen LogP contribution in [0.5, 0.6) is 0 Å². The van der Waals surface area contributed by atoms with E-state index >= 15 is 0 Å². The number of hydrogen-bond donors (Lipinski definition) is 4. The topological polar surface area (TPSA) is 130 Å². The molecular formula is C11H15N5O3. The number of imidazole rings is 1. The predicted molar refractivity (Wildman–Crippen MR) is 67.4 cm³/mol. The molecule has 2 heterocycles. The second-order valence-electron chi connectivity index (χ2n) is 4.87. The first-order valence-electron chi connectivity index (χ1n) is 6.09. The quantitative estimate of drug-likeness (QED) is 0.555. The van der Waals surface area contributed by atoms with Crippen molar-refractivity contribution in [3.8, 4) is 0 Å². The molecule has 0 bridgehead atoms. The van der Waals surface area contributed by atoms with Gasteiger partial charge >= 0.3 is 0 Å². The van der Waals surface area contributed by atoms with E-state index in [1.54, 1.807) is 4.57 Å². The van der Waals surface area contributed by atoms with Gasteiger partial charge < -0.3 is 20.5 Å². The van der Waals surface area contributed by atoms with E-state index in [0.717, 1.165) is 6.42 Å². The monoisotopic (exact) mass is 265 g/mol. The van der Waals surface area contributed by atoms with Crippen molar-refractivity contribution in [3.63, 3.8) is 0 Å². The normalized spacial score (nSPS) is 26.5. The lowest BCUT2D eigenvalue weighted by Gasteiger charge is -2.43. The Morgan fingerprint density at radius 2 is 2.26 bits per heavy atom. The summed E-state index contributed by atoms with van der Waals surface area (Å²) in [6.45, 7) is 0.0265. The van der Waals surface area contributed by atoms with E-state index in [1.807, 2.05) is 0 Å². The lowest BCUT2D eigenvalue weighted by Crippen LogP contribution is -2.42. The van der Waals surface area contributed by atoms with Crippen molar-refractivity contribution in [2.45, 2.75) is 12.5 Å². The fraction of sp³-hybridized carbons (Fsp3) is 0.545. The Morgan fingerprint density at radius 1 is 1.47 bits per heavy atom. The summed E-state index contributed by atoms with van der Waals surface area (Å²) in [4.78, 5) is 22.2. The first-order chi connectivity index (χ1) is 9.15. The Labute approximate surface area is 107 Å².